The molecule has 4 nitrogen and oxygen atoms in total. The van der Waals surface area contributed by atoms with E-state index in [4.69, 9.17) is 15.2 Å². The molecule has 0 aliphatic heterocycles. The molecule has 0 radical (unpaired) electrons. The third kappa shape index (κ3) is 3.00. The molecule has 0 fully saturated rings. The molecular weight excluding hydrogens is 228 g/mol. The fraction of sp³-hybridized carbons (Fsp3) is 0.643. The summed E-state index contributed by atoms with van der Waals surface area (Å²) in [5, 5.41) is 0. The van der Waals surface area contributed by atoms with Gasteiger partial charge in [-0.3, -0.25) is 4.98 Å². The molecule has 0 bridgehead atoms. The lowest BCUT2D eigenvalue weighted by molar-refractivity contribution is -0.0386. The first-order chi connectivity index (χ1) is 8.63. The van der Waals surface area contributed by atoms with Crippen molar-refractivity contribution in [1.29, 1.82) is 0 Å². The van der Waals surface area contributed by atoms with Crippen LogP contribution in [0.1, 0.15) is 45.2 Å². The molecule has 0 amide bonds. The Kier molecular flexibility index (Phi) is 5.56. The number of aromatic nitrogens is 1. The molecule has 0 saturated heterocycles. The molecule has 0 aliphatic rings. The van der Waals surface area contributed by atoms with E-state index in [2.05, 4.69) is 18.8 Å². The average Bonchev–Trinajstić information content (AvgIpc) is 2.42. The van der Waals surface area contributed by atoms with E-state index < -0.39 is 0 Å². The quantitative estimate of drug-likeness (QED) is 0.810. The number of hydrogen-bond acceptors (Lipinski definition) is 4. The fourth-order valence-corrected chi connectivity index (χ4v) is 2.26. The molecule has 0 spiro atoms. The van der Waals surface area contributed by atoms with Crippen molar-refractivity contribution in [2.45, 2.75) is 45.3 Å². The van der Waals surface area contributed by atoms with Crippen LogP contribution in [0, 0.1) is 0 Å². The largest absolute Gasteiger partial charge is 0.492 e. The second-order valence-corrected chi connectivity index (χ2v) is 4.34. The lowest BCUT2D eigenvalue weighted by atomic mass is 9.85. The molecule has 1 rings (SSSR count). The molecule has 1 atom stereocenters. The first kappa shape index (κ1) is 14.9. The Labute approximate surface area is 110 Å². The summed E-state index contributed by atoms with van der Waals surface area (Å²) >= 11 is 0. The van der Waals surface area contributed by atoms with Crippen molar-refractivity contribution in [3.63, 3.8) is 0 Å². The minimum atomic E-state index is -0.341. The number of hydrogen-bond donors (Lipinski definition) is 1. The highest BCUT2D eigenvalue weighted by Crippen LogP contribution is 2.33. The molecule has 4 heteroatoms. The highest BCUT2D eigenvalue weighted by Gasteiger charge is 2.34. The Morgan fingerprint density at radius 1 is 1.28 bits per heavy atom. The summed E-state index contributed by atoms with van der Waals surface area (Å²) in [4.78, 5) is 4.18. The van der Waals surface area contributed by atoms with E-state index in [1.165, 1.54) is 0 Å². The summed E-state index contributed by atoms with van der Waals surface area (Å²) in [7, 11) is 1.71. The van der Waals surface area contributed by atoms with Crippen LogP contribution in [0.4, 0.5) is 0 Å². The van der Waals surface area contributed by atoms with Crippen LogP contribution in [-0.4, -0.2) is 24.3 Å². The Hall–Kier alpha value is -1.13. The minimum absolute atomic E-state index is 0.203. The third-order valence-electron chi connectivity index (χ3n) is 3.57. The zero-order valence-electron chi connectivity index (χ0n) is 11.8. The molecule has 2 N–H and O–H groups in total. The number of pyridine rings is 1. The van der Waals surface area contributed by atoms with Crippen LogP contribution in [0.2, 0.25) is 0 Å². The lowest BCUT2D eigenvalue weighted by Gasteiger charge is -2.36. The molecule has 1 heterocycles. The van der Waals surface area contributed by atoms with Crippen LogP contribution < -0.4 is 10.5 Å². The molecule has 18 heavy (non-hydrogen) atoms. The van der Waals surface area contributed by atoms with Gasteiger partial charge in [0.1, 0.15) is 5.75 Å². The maximum atomic E-state index is 6.35. The van der Waals surface area contributed by atoms with E-state index in [-0.39, 0.29) is 11.6 Å². The zero-order valence-corrected chi connectivity index (χ0v) is 11.8. The van der Waals surface area contributed by atoms with E-state index in [1.54, 1.807) is 19.5 Å². The molecule has 0 aliphatic carbocycles. The summed E-state index contributed by atoms with van der Waals surface area (Å²) in [6.45, 7) is 6.75. The van der Waals surface area contributed by atoms with Crippen molar-refractivity contribution in [3.05, 3.63) is 24.0 Å². The van der Waals surface area contributed by atoms with Gasteiger partial charge in [0, 0.05) is 13.3 Å². The van der Waals surface area contributed by atoms with Gasteiger partial charge in [0.15, 0.2) is 0 Å². The Morgan fingerprint density at radius 3 is 2.44 bits per heavy atom. The summed E-state index contributed by atoms with van der Waals surface area (Å²) in [5.74, 6) is 0.752. The van der Waals surface area contributed by atoms with E-state index >= 15 is 0 Å². The second-order valence-electron chi connectivity index (χ2n) is 4.34. The van der Waals surface area contributed by atoms with Crippen LogP contribution in [-0.2, 0) is 4.74 Å². The molecule has 1 aromatic rings. The van der Waals surface area contributed by atoms with Crippen molar-refractivity contribution in [1.82, 2.24) is 4.98 Å². The van der Waals surface area contributed by atoms with Crippen LogP contribution in [0.3, 0.4) is 0 Å². The van der Waals surface area contributed by atoms with E-state index in [0.29, 0.717) is 6.61 Å². The number of ether oxygens (including phenoxy) is 2. The van der Waals surface area contributed by atoms with Crippen molar-refractivity contribution in [3.8, 4) is 5.75 Å². The van der Waals surface area contributed by atoms with Gasteiger partial charge in [0.2, 0.25) is 0 Å². The first-order valence-corrected chi connectivity index (χ1v) is 6.52. The van der Waals surface area contributed by atoms with Crippen LogP contribution >= 0.6 is 0 Å². The molecule has 1 aromatic heterocycles. The summed E-state index contributed by atoms with van der Waals surface area (Å²) < 4.78 is 11.1. The van der Waals surface area contributed by atoms with Crippen LogP contribution in [0.5, 0.6) is 5.75 Å². The van der Waals surface area contributed by atoms with Crippen molar-refractivity contribution in [2.24, 2.45) is 5.73 Å². The van der Waals surface area contributed by atoms with Crippen molar-refractivity contribution < 1.29 is 9.47 Å². The predicted molar refractivity (Wildman–Crippen MR) is 72.7 cm³/mol. The molecule has 102 valence electrons. The van der Waals surface area contributed by atoms with Gasteiger partial charge < -0.3 is 15.2 Å². The number of methoxy groups -OCH3 is 1. The van der Waals surface area contributed by atoms with Crippen LogP contribution in [0.15, 0.2) is 18.5 Å². The monoisotopic (exact) mass is 252 g/mol. The minimum Gasteiger partial charge on any atom is -0.492 e. The van der Waals surface area contributed by atoms with Gasteiger partial charge in [-0.1, -0.05) is 13.8 Å². The second kappa shape index (κ2) is 6.71. The van der Waals surface area contributed by atoms with Gasteiger partial charge >= 0.3 is 0 Å². The summed E-state index contributed by atoms with van der Waals surface area (Å²) in [6, 6.07) is 1.74. The number of rotatable bonds is 7. The number of nitrogens with two attached hydrogens (primary N) is 1. The van der Waals surface area contributed by atoms with Gasteiger partial charge in [-0.25, -0.2) is 0 Å². The smallest absolute Gasteiger partial charge is 0.137 e. The highest BCUT2D eigenvalue weighted by atomic mass is 16.5. The van der Waals surface area contributed by atoms with E-state index in [0.717, 1.165) is 24.2 Å². The SMILES string of the molecule is CCOc1cncc(C(N)C(CC)(CC)OC)c1. The topological polar surface area (TPSA) is 57.4 Å². The fourth-order valence-electron chi connectivity index (χ4n) is 2.26. The normalized spacial score (nSPS) is 13.4. The molecule has 0 saturated carbocycles. The van der Waals surface area contributed by atoms with Gasteiger partial charge in [-0.05, 0) is 31.4 Å². The number of nitrogens with zero attached hydrogens (tertiary/aromatic N) is 1. The lowest BCUT2D eigenvalue weighted by Crippen LogP contribution is -2.42. The van der Waals surface area contributed by atoms with Gasteiger partial charge in [-0.15, -0.1) is 0 Å². The van der Waals surface area contributed by atoms with Crippen LogP contribution in [0.25, 0.3) is 0 Å². The zero-order chi connectivity index (χ0) is 13.6. The van der Waals surface area contributed by atoms with Gasteiger partial charge in [0.25, 0.3) is 0 Å². The maximum absolute atomic E-state index is 6.35. The maximum Gasteiger partial charge on any atom is 0.137 e. The highest BCUT2D eigenvalue weighted by molar-refractivity contribution is 5.27. The van der Waals surface area contributed by atoms with Crippen molar-refractivity contribution >= 4 is 0 Å². The Bertz CT molecular complexity index is 356. The Morgan fingerprint density at radius 2 is 1.94 bits per heavy atom. The van der Waals surface area contributed by atoms with E-state index in [1.807, 2.05) is 13.0 Å². The summed E-state index contributed by atoms with van der Waals surface area (Å²) in [5.41, 5.74) is 6.96. The first-order valence-electron chi connectivity index (χ1n) is 6.52. The summed E-state index contributed by atoms with van der Waals surface area (Å²) in [6.07, 6.45) is 5.21. The molecular formula is C14H24N2O2. The Balaban J connectivity index is 3.01. The molecule has 0 aromatic carbocycles. The average molecular weight is 252 g/mol. The van der Waals surface area contributed by atoms with Gasteiger partial charge in [0.05, 0.1) is 24.4 Å². The van der Waals surface area contributed by atoms with Gasteiger partial charge in [-0.2, -0.15) is 0 Å². The third-order valence-corrected chi connectivity index (χ3v) is 3.57. The standard InChI is InChI=1S/C14H24N2O2/c1-5-14(6-2,17-4)13(15)11-8-12(18-7-3)10-16-9-11/h8-10,13H,5-7,15H2,1-4H3. The predicted octanol–water partition coefficient (Wildman–Crippen LogP) is 2.69. The molecule has 1 unspecified atom stereocenters. The van der Waals surface area contributed by atoms with E-state index in [9.17, 15) is 0 Å². The van der Waals surface area contributed by atoms with Crippen molar-refractivity contribution in [2.75, 3.05) is 13.7 Å².